The number of nitrogens with one attached hydrogen (secondary N) is 1. The topological polar surface area (TPSA) is 12.0 Å². The summed E-state index contributed by atoms with van der Waals surface area (Å²) in [5.41, 5.74) is 0.277. The first kappa shape index (κ1) is 12.8. The molecule has 0 spiro atoms. The maximum absolute atomic E-state index is 3.69. The third-order valence-electron chi connectivity index (χ3n) is 3.47. The number of rotatable bonds is 6. The lowest BCUT2D eigenvalue weighted by atomic mass is 9.84. The summed E-state index contributed by atoms with van der Waals surface area (Å²) in [4.78, 5) is 0. The zero-order valence-corrected chi connectivity index (χ0v) is 10.7. The maximum Gasteiger partial charge on any atom is 0.0336 e. The molecule has 1 N–H and O–H groups in total. The van der Waals surface area contributed by atoms with Crippen LogP contribution >= 0.6 is 0 Å². The highest BCUT2D eigenvalue weighted by molar-refractivity contribution is 5.09. The molecular formula is C14H27N. The van der Waals surface area contributed by atoms with E-state index in [0.29, 0.717) is 0 Å². The highest BCUT2D eigenvalue weighted by atomic mass is 15.0. The first-order chi connectivity index (χ1) is 7.16. The molecule has 0 aliphatic heterocycles. The first-order valence-electron chi connectivity index (χ1n) is 6.61. The van der Waals surface area contributed by atoms with E-state index in [1.54, 1.807) is 0 Å². The van der Waals surface area contributed by atoms with Crippen LogP contribution in [0.3, 0.4) is 0 Å². The lowest BCUT2D eigenvalue weighted by Gasteiger charge is -2.32. The van der Waals surface area contributed by atoms with Gasteiger partial charge in [0.05, 0.1) is 0 Å². The molecule has 88 valence electrons. The van der Waals surface area contributed by atoms with E-state index in [1.165, 1.54) is 45.1 Å². The van der Waals surface area contributed by atoms with Crippen LogP contribution in [0, 0.1) is 5.92 Å². The molecule has 0 saturated carbocycles. The third kappa shape index (κ3) is 4.83. The zero-order valence-electron chi connectivity index (χ0n) is 10.7. The predicted molar refractivity (Wildman–Crippen MR) is 68.1 cm³/mol. The quantitative estimate of drug-likeness (QED) is 0.517. The number of allylic oxidation sites excluding steroid dienone is 1. The number of unbranched alkanes of at least 4 members (excludes halogenated alkanes) is 3. The molecule has 2 atom stereocenters. The van der Waals surface area contributed by atoms with Gasteiger partial charge in [-0.1, -0.05) is 45.3 Å². The van der Waals surface area contributed by atoms with Crippen molar-refractivity contribution in [3.05, 3.63) is 12.2 Å². The lowest BCUT2D eigenvalue weighted by Crippen LogP contribution is -2.42. The van der Waals surface area contributed by atoms with Crippen molar-refractivity contribution in [1.29, 1.82) is 0 Å². The van der Waals surface area contributed by atoms with Gasteiger partial charge in [0.15, 0.2) is 0 Å². The van der Waals surface area contributed by atoms with Gasteiger partial charge >= 0.3 is 0 Å². The molecule has 1 aliphatic rings. The lowest BCUT2D eigenvalue weighted by molar-refractivity contribution is 0.355. The summed E-state index contributed by atoms with van der Waals surface area (Å²) in [6.07, 6.45) is 12.8. The Kier molecular flexibility index (Phi) is 5.38. The van der Waals surface area contributed by atoms with E-state index in [0.717, 1.165) is 5.92 Å². The van der Waals surface area contributed by atoms with Crippen LogP contribution in [0.1, 0.15) is 59.3 Å². The molecule has 0 saturated heterocycles. The molecule has 1 rings (SSSR count). The highest BCUT2D eigenvalue weighted by Gasteiger charge is 2.23. The van der Waals surface area contributed by atoms with E-state index in [1.807, 2.05) is 0 Å². The Morgan fingerprint density at radius 2 is 2.13 bits per heavy atom. The Morgan fingerprint density at radius 1 is 1.33 bits per heavy atom. The van der Waals surface area contributed by atoms with Gasteiger partial charge in [0.25, 0.3) is 0 Å². The summed E-state index contributed by atoms with van der Waals surface area (Å²) in [5.74, 6) is 0.778. The molecule has 0 fully saturated rings. The molecule has 1 nitrogen and oxygen atoms in total. The van der Waals surface area contributed by atoms with Crippen LogP contribution in [0.15, 0.2) is 12.2 Å². The van der Waals surface area contributed by atoms with Crippen LogP contribution in [0.5, 0.6) is 0 Å². The minimum absolute atomic E-state index is 0.277. The Bertz CT molecular complexity index is 198. The fourth-order valence-corrected chi connectivity index (χ4v) is 2.16. The van der Waals surface area contributed by atoms with E-state index in [9.17, 15) is 0 Å². The van der Waals surface area contributed by atoms with Gasteiger partial charge in [-0.3, -0.25) is 0 Å². The molecule has 1 heteroatoms. The third-order valence-corrected chi connectivity index (χ3v) is 3.47. The monoisotopic (exact) mass is 209 g/mol. The van der Waals surface area contributed by atoms with Crippen LogP contribution in [0.4, 0.5) is 0 Å². The normalized spacial score (nSPS) is 30.7. The molecule has 0 radical (unpaired) electrons. The summed E-state index contributed by atoms with van der Waals surface area (Å²) >= 11 is 0. The van der Waals surface area contributed by atoms with Gasteiger partial charge in [-0.2, -0.15) is 0 Å². The van der Waals surface area contributed by atoms with Crippen molar-refractivity contribution in [2.75, 3.05) is 6.54 Å². The van der Waals surface area contributed by atoms with Crippen molar-refractivity contribution in [3.63, 3.8) is 0 Å². The molecule has 1 aliphatic carbocycles. The highest BCUT2D eigenvalue weighted by Crippen LogP contribution is 2.25. The van der Waals surface area contributed by atoms with Crippen LogP contribution < -0.4 is 5.32 Å². The van der Waals surface area contributed by atoms with E-state index in [-0.39, 0.29) is 5.54 Å². The van der Waals surface area contributed by atoms with Crippen LogP contribution in [0.25, 0.3) is 0 Å². The molecular weight excluding hydrogens is 182 g/mol. The predicted octanol–water partition coefficient (Wildman–Crippen LogP) is 3.90. The molecule has 0 heterocycles. The van der Waals surface area contributed by atoms with E-state index >= 15 is 0 Å². The van der Waals surface area contributed by atoms with Crippen LogP contribution in [0.2, 0.25) is 0 Å². The largest absolute Gasteiger partial charge is 0.308 e. The van der Waals surface area contributed by atoms with Crippen molar-refractivity contribution < 1.29 is 0 Å². The molecule has 0 aromatic carbocycles. The van der Waals surface area contributed by atoms with Gasteiger partial charge in [0, 0.05) is 5.54 Å². The molecule has 2 unspecified atom stereocenters. The smallest absolute Gasteiger partial charge is 0.0336 e. The number of hydrogen-bond acceptors (Lipinski definition) is 1. The van der Waals surface area contributed by atoms with Crippen molar-refractivity contribution in [1.82, 2.24) is 5.32 Å². The van der Waals surface area contributed by atoms with Crippen LogP contribution in [-0.2, 0) is 0 Å². The van der Waals surface area contributed by atoms with Crippen LogP contribution in [-0.4, -0.2) is 12.1 Å². The standard InChI is InChI=1S/C14H27N/c1-4-5-6-7-12-15-14(3)10-8-13(2)9-11-14/h8,10,13,15H,4-7,9,11-12H2,1-3H3. The molecule has 0 aromatic rings. The Morgan fingerprint density at radius 3 is 2.73 bits per heavy atom. The van der Waals surface area contributed by atoms with Gasteiger partial charge in [-0.05, 0) is 38.6 Å². The molecule has 15 heavy (non-hydrogen) atoms. The molecule has 0 aromatic heterocycles. The van der Waals surface area contributed by atoms with Crippen molar-refractivity contribution in [3.8, 4) is 0 Å². The fourth-order valence-electron chi connectivity index (χ4n) is 2.16. The Hall–Kier alpha value is -0.300. The summed E-state index contributed by atoms with van der Waals surface area (Å²) in [6, 6.07) is 0. The zero-order chi connectivity index (χ0) is 11.1. The molecule has 0 amide bonds. The van der Waals surface area contributed by atoms with E-state index in [2.05, 4.69) is 38.2 Å². The summed E-state index contributed by atoms with van der Waals surface area (Å²) in [7, 11) is 0. The Balaban J connectivity index is 2.17. The van der Waals surface area contributed by atoms with Gasteiger partial charge in [-0.15, -0.1) is 0 Å². The maximum atomic E-state index is 3.69. The first-order valence-corrected chi connectivity index (χ1v) is 6.61. The summed E-state index contributed by atoms with van der Waals surface area (Å²) in [6.45, 7) is 8.07. The van der Waals surface area contributed by atoms with Gasteiger partial charge in [0.2, 0.25) is 0 Å². The second-order valence-electron chi connectivity index (χ2n) is 5.28. The van der Waals surface area contributed by atoms with Crippen molar-refractivity contribution in [2.45, 2.75) is 64.8 Å². The van der Waals surface area contributed by atoms with E-state index in [4.69, 9.17) is 0 Å². The average Bonchev–Trinajstić information content (AvgIpc) is 2.23. The summed E-state index contributed by atoms with van der Waals surface area (Å²) in [5, 5.41) is 3.69. The van der Waals surface area contributed by atoms with E-state index < -0.39 is 0 Å². The summed E-state index contributed by atoms with van der Waals surface area (Å²) < 4.78 is 0. The fraction of sp³-hybridized carbons (Fsp3) is 0.857. The second kappa shape index (κ2) is 6.32. The minimum Gasteiger partial charge on any atom is -0.308 e. The second-order valence-corrected chi connectivity index (χ2v) is 5.28. The molecule has 0 bridgehead atoms. The van der Waals surface area contributed by atoms with Crippen molar-refractivity contribution in [2.24, 2.45) is 5.92 Å². The van der Waals surface area contributed by atoms with Gasteiger partial charge in [0.1, 0.15) is 0 Å². The van der Waals surface area contributed by atoms with Crippen molar-refractivity contribution >= 4 is 0 Å². The van der Waals surface area contributed by atoms with Gasteiger partial charge in [-0.25, -0.2) is 0 Å². The SMILES string of the molecule is CCCCCCNC1(C)C=CC(C)CC1. The minimum atomic E-state index is 0.277. The number of hydrogen-bond donors (Lipinski definition) is 1. The Labute approximate surface area is 95.3 Å². The van der Waals surface area contributed by atoms with Gasteiger partial charge < -0.3 is 5.32 Å². The average molecular weight is 209 g/mol.